The summed E-state index contributed by atoms with van der Waals surface area (Å²) in [6, 6.07) is 13.7. The van der Waals surface area contributed by atoms with E-state index in [0.717, 1.165) is 43.6 Å². The monoisotopic (exact) mass is 478 g/mol. The quantitative estimate of drug-likeness (QED) is 0.441. The lowest BCUT2D eigenvalue weighted by Crippen LogP contribution is -2.37. The van der Waals surface area contributed by atoms with Crippen LogP contribution in [0.3, 0.4) is 0 Å². The zero-order chi connectivity index (χ0) is 24.6. The lowest BCUT2D eigenvalue weighted by atomic mass is 9.95. The summed E-state index contributed by atoms with van der Waals surface area (Å²) in [4.78, 5) is 19.6. The summed E-state index contributed by atoms with van der Waals surface area (Å²) in [7, 11) is 3.19. The van der Waals surface area contributed by atoms with Gasteiger partial charge in [-0.1, -0.05) is 30.6 Å². The van der Waals surface area contributed by atoms with Crippen molar-refractivity contribution in [1.29, 1.82) is 0 Å². The number of anilines is 1. The summed E-state index contributed by atoms with van der Waals surface area (Å²) in [5.41, 5.74) is 2.98. The standard InChI is InChI=1S/C27H34N4O4/c1-4-5-6-19-7-10-22(11-8-19)28-27(32)20-13-15-31(16-14-20)18-25-29-26(30-35-25)21-9-12-23(33-2)24(17-21)34-3/h7-12,17,20H,4-6,13-16,18H2,1-3H3,(H,28,32). The number of benzene rings is 2. The van der Waals surface area contributed by atoms with Gasteiger partial charge in [0.1, 0.15) is 0 Å². The summed E-state index contributed by atoms with van der Waals surface area (Å²) in [5, 5.41) is 7.20. The van der Waals surface area contributed by atoms with Crippen molar-refractivity contribution in [2.24, 2.45) is 5.92 Å². The zero-order valence-corrected chi connectivity index (χ0v) is 20.8. The van der Waals surface area contributed by atoms with Gasteiger partial charge < -0.3 is 19.3 Å². The third-order valence-electron chi connectivity index (χ3n) is 6.47. The van der Waals surface area contributed by atoms with Crippen molar-refractivity contribution in [2.45, 2.75) is 45.6 Å². The number of amides is 1. The minimum absolute atomic E-state index is 0.0102. The number of methoxy groups -OCH3 is 2. The van der Waals surface area contributed by atoms with Crippen LogP contribution in [0.15, 0.2) is 47.0 Å². The van der Waals surface area contributed by atoms with Gasteiger partial charge in [-0.2, -0.15) is 4.98 Å². The summed E-state index contributed by atoms with van der Waals surface area (Å²) < 4.78 is 16.1. The van der Waals surface area contributed by atoms with Gasteiger partial charge in [-0.25, -0.2) is 0 Å². The van der Waals surface area contributed by atoms with Gasteiger partial charge in [-0.3, -0.25) is 9.69 Å². The first-order valence-corrected chi connectivity index (χ1v) is 12.3. The number of ether oxygens (including phenoxy) is 2. The highest BCUT2D eigenvalue weighted by Crippen LogP contribution is 2.31. The normalized spacial score (nSPS) is 14.6. The summed E-state index contributed by atoms with van der Waals surface area (Å²) >= 11 is 0. The molecule has 1 N–H and O–H groups in total. The van der Waals surface area contributed by atoms with Gasteiger partial charge in [0.15, 0.2) is 11.5 Å². The molecular weight excluding hydrogens is 444 g/mol. The van der Waals surface area contributed by atoms with E-state index in [1.165, 1.54) is 18.4 Å². The molecule has 8 nitrogen and oxygen atoms in total. The zero-order valence-electron chi connectivity index (χ0n) is 20.8. The molecule has 0 atom stereocenters. The molecule has 1 aliphatic rings. The first-order valence-electron chi connectivity index (χ1n) is 12.3. The van der Waals surface area contributed by atoms with Gasteiger partial charge in [0.2, 0.25) is 17.6 Å². The van der Waals surface area contributed by atoms with E-state index in [0.29, 0.717) is 29.8 Å². The molecule has 1 aromatic heterocycles. The van der Waals surface area contributed by atoms with Crippen LogP contribution in [0.1, 0.15) is 44.1 Å². The number of carbonyl (C=O) groups is 1. The van der Waals surface area contributed by atoms with Gasteiger partial charge in [-0.05, 0) is 74.7 Å². The Morgan fingerprint density at radius 3 is 2.51 bits per heavy atom. The number of aryl methyl sites for hydroxylation is 1. The Hall–Kier alpha value is -3.39. The molecular formula is C27H34N4O4. The molecule has 1 fully saturated rings. The lowest BCUT2D eigenvalue weighted by molar-refractivity contribution is -0.121. The van der Waals surface area contributed by atoms with Crippen molar-refractivity contribution >= 4 is 11.6 Å². The molecule has 0 radical (unpaired) electrons. The molecule has 3 aromatic rings. The first-order chi connectivity index (χ1) is 17.1. The van der Waals surface area contributed by atoms with Crippen molar-refractivity contribution < 1.29 is 18.8 Å². The Balaban J connectivity index is 1.26. The van der Waals surface area contributed by atoms with Crippen LogP contribution in [0.2, 0.25) is 0 Å². The molecule has 1 amide bonds. The lowest BCUT2D eigenvalue weighted by Gasteiger charge is -2.30. The Bertz CT molecular complexity index is 1100. The molecule has 0 saturated carbocycles. The summed E-state index contributed by atoms with van der Waals surface area (Å²) in [5.74, 6) is 2.44. The fourth-order valence-corrected chi connectivity index (χ4v) is 4.34. The average Bonchev–Trinajstić information content (AvgIpc) is 3.36. The Kier molecular flexibility index (Phi) is 8.36. The van der Waals surface area contributed by atoms with E-state index < -0.39 is 0 Å². The molecule has 4 rings (SSSR count). The molecule has 35 heavy (non-hydrogen) atoms. The summed E-state index contributed by atoms with van der Waals surface area (Å²) in [6.45, 7) is 4.37. The number of hydrogen-bond donors (Lipinski definition) is 1. The number of piperidine rings is 1. The van der Waals surface area contributed by atoms with Crippen LogP contribution in [0.25, 0.3) is 11.4 Å². The molecule has 1 aliphatic heterocycles. The van der Waals surface area contributed by atoms with Crippen molar-refractivity contribution in [3.63, 3.8) is 0 Å². The Labute approximate surface area is 206 Å². The molecule has 0 spiro atoms. The number of nitrogens with zero attached hydrogens (tertiary/aromatic N) is 3. The fourth-order valence-electron chi connectivity index (χ4n) is 4.34. The van der Waals surface area contributed by atoms with Crippen molar-refractivity contribution in [3.05, 3.63) is 53.9 Å². The minimum Gasteiger partial charge on any atom is -0.493 e. The number of rotatable bonds is 10. The second kappa shape index (κ2) is 11.8. The van der Waals surface area contributed by atoms with Gasteiger partial charge >= 0.3 is 0 Å². The largest absolute Gasteiger partial charge is 0.493 e. The van der Waals surface area contributed by atoms with Crippen LogP contribution in [-0.2, 0) is 17.8 Å². The topological polar surface area (TPSA) is 89.7 Å². The van der Waals surface area contributed by atoms with Crippen LogP contribution in [0.5, 0.6) is 11.5 Å². The van der Waals surface area contributed by atoms with E-state index in [-0.39, 0.29) is 11.8 Å². The van der Waals surface area contributed by atoms with Gasteiger partial charge in [0, 0.05) is 17.2 Å². The number of aromatic nitrogens is 2. The van der Waals surface area contributed by atoms with Crippen LogP contribution < -0.4 is 14.8 Å². The molecule has 0 unspecified atom stereocenters. The third kappa shape index (κ3) is 6.39. The second-order valence-corrected chi connectivity index (χ2v) is 8.92. The maximum absolute atomic E-state index is 12.8. The smallest absolute Gasteiger partial charge is 0.241 e. The number of unbranched alkanes of at least 4 members (excludes halogenated alkanes) is 1. The highest BCUT2D eigenvalue weighted by Gasteiger charge is 2.26. The van der Waals surface area contributed by atoms with E-state index in [1.54, 1.807) is 14.2 Å². The molecule has 2 heterocycles. The highest BCUT2D eigenvalue weighted by molar-refractivity contribution is 5.92. The maximum atomic E-state index is 12.8. The van der Waals surface area contributed by atoms with Crippen molar-refractivity contribution in [3.8, 4) is 22.9 Å². The first kappa shape index (κ1) is 24.7. The van der Waals surface area contributed by atoms with Gasteiger partial charge in [0.05, 0.1) is 20.8 Å². The average molecular weight is 479 g/mol. The third-order valence-corrected chi connectivity index (χ3v) is 6.47. The van der Waals surface area contributed by atoms with Crippen LogP contribution >= 0.6 is 0 Å². The van der Waals surface area contributed by atoms with E-state index in [1.807, 2.05) is 30.3 Å². The summed E-state index contributed by atoms with van der Waals surface area (Å²) in [6.07, 6.45) is 5.06. The van der Waals surface area contributed by atoms with E-state index >= 15 is 0 Å². The molecule has 0 aliphatic carbocycles. The van der Waals surface area contributed by atoms with Crippen LogP contribution in [0.4, 0.5) is 5.69 Å². The van der Waals surface area contributed by atoms with Crippen LogP contribution in [0, 0.1) is 5.92 Å². The van der Waals surface area contributed by atoms with Crippen molar-refractivity contribution in [1.82, 2.24) is 15.0 Å². The number of likely N-dealkylation sites (tertiary alicyclic amines) is 1. The van der Waals surface area contributed by atoms with E-state index in [4.69, 9.17) is 14.0 Å². The van der Waals surface area contributed by atoms with E-state index in [2.05, 4.69) is 39.4 Å². The molecule has 2 aromatic carbocycles. The highest BCUT2D eigenvalue weighted by atomic mass is 16.5. The predicted molar refractivity (Wildman–Crippen MR) is 135 cm³/mol. The SMILES string of the molecule is CCCCc1ccc(NC(=O)C2CCN(Cc3nc(-c4ccc(OC)c(OC)c4)no3)CC2)cc1. The van der Waals surface area contributed by atoms with Gasteiger partial charge in [0.25, 0.3) is 0 Å². The maximum Gasteiger partial charge on any atom is 0.241 e. The minimum atomic E-state index is 0.0102. The van der Waals surface area contributed by atoms with Crippen molar-refractivity contribution in [2.75, 3.05) is 32.6 Å². The predicted octanol–water partition coefficient (Wildman–Crippen LogP) is 4.95. The van der Waals surface area contributed by atoms with Gasteiger partial charge in [-0.15, -0.1) is 0 Å². The molecule has 0 bridgehead atoms. The number of nitrogens with one attached hydrogen (secondary N) is 1. The molecule has 1 saturated heterocycles. The Morgan fingerprint density at radius 2 is 1.83 bits per heavy atom. The Morgan fingerprint density at radius 1 is 1.09 bits per heavy atom. The van der Waals surface area contributed by atoms with Crippen LogP contribution in [-0.4, -0.2) is 48.3 Å². The number of carbonyl (C=O) groups excluding carboxylic acids is 1. The second-order valence-electron chi connectivity index (χ2n) is 8.92. The van der Waals surface area contributed by atoms with E-state index in [9.17, 15) is 4.79 Å². The number of hydrogen-bond acceptors (Lipinski definition) is 7. The molecule has 186 valence electrons. The fraction of sp³-hybridized carbons (Fsp3) is 0.444. The molecule has 8 heteroatoms.